The maximum absolute atomic E-state index is 12.9. The lowest BCUT2D eigenvalue weighted by Gasteiger charge is -2.69. The zero-order chi connectivity index (χ0) is 26.4. The molecule has 3 saturated carbocycles. The van der Waals surface area contributed by atoms with Crippen molar-refractivity contribution in [2.75, 3.05) is 0 Å². The number of carbonyl (C=O) groups excluding carboxylic acids is 1. The van der Waals surface area contributed by atoms with Crippen molar-refractivity contribution in [3.63, 3.8) is 0 Å². The van der Waals surface area contributed by atoms with Crippen molar-refractivity contribution in [1.29, 1.82) is 0 Å². The fourth-order valence-electron chi connectivity index (χ4n) is 9.77. The van der Waals surface area contributed by atoms with Crippen LogP contribution >= 0.6 is 0 Å². The molecule has 0 aliphatic heterocycles. The quantitative estimate of drug-likeness (QED) is 0.415. The summed E-state index contributed by atoms with van der Waals surface area (Å²) in [7, 11) is 0. The molecule has 0 bridgehead atoms. The molecule has 5 heteroatoms. The van der Waals surface area contributed by atoms with Gasteiger partial charge in [0, 0.05) is 11.8 Å². The van der Waals surface area contributed by atoms with Crippen LogP contribution in [0.2, 0.25) is 0 Å². The summed E-state index contributed by atoms with van der Waals surface area (Å²) >= 11 is 0. The van der Waals surface area contributed by atoms with E-state index < -0.39 is 23.9 Å². The number of carbonyl (C=O) groups is 1. The van der Waals surface area contributed by atoms with Crippen molar-refractivity contribution in [3.8, 4) is 0 Å². The first-order valence-electron chi connectivity index (χ1n) is 13.9. The standard InChI is InChI=1S/C30H50O5/c1-17(15-21(32)25(34)27(4,5)35)18-9-13-29(7)19(18)16-20(31)24-28(6)12-11-23(33)26(2,3)22(28)10-14-30(24,29)8/h17,20-22,24-25,31-32,34-35H,9-16H2,1-8H3/t17-,20+,21+,22?,24?,25-,28+,29?,30?/m1/s1. The Labute approximate surface area is 212 Å². The highest BCUT2D eigenvalue weighted by atomic mass is 16.4. The number of rotatable bonds is 5. The summed E-state index contributed by atoms with van der Waals surface area (Å²) < 4.78 is 0. The van der Waals surface area contributed by atoms with Crippen LogP contribution < -0.4 is 0 Å². The van der Waals surface area contributed by atoms with Crippen molar-refractivity contribution in [2.45, 2.75) is 131 Å². The molecule has 200 valence electrons. The summed E-state index contributed by atoms with van der Waals surface area (Å²) in [4.78, 5) is 12.9. The van der Waals surface area contributed by atoms with Gasteiger partial charge in [0.2, 0.25) is 0 Å². The monoisotopic (exact) mass is 490 g/mol. The highest BCUT2D eigenvalue weighted by molar-refractivity contribution is 5.85. The molecule has 4 rings (SSSR count). The summed E-state index contributed by atoms with van der Waals surface area (Å²) in [6, 6.07) is 0. The Kier molecular flexibility index (Phi) is 6.53. The molecule has 0 saturated heterocycles. The second kappa shape index (κ2) is 8.38. The molecule has 9 atom stereocenters. The van der Waals surface area contributed by atoms with Crippen LogP contribution in [0.5, 0.6) is 0 Å². The molecular formula is C30H50O5. The van der Waals surface area contributed by atoms with E-state index in [1.54, 1.807) is 0 Å². The SMILES string of the molecule is C[C@H](C[C@H](O)[C@@H](O)C(C)(C)O)C1=C2C[C@H](O)C3C(C)(CCC4C(C)(C)C(=O)CC[C@@]43C)C2(C)CC1. The predicted octanol–water partition coefficient (Wildman–Crippen LogP) is 4.79. The third-order valence-corrected chi connectivity index (χ3v) is 11.9. The summed E-state index contributed by atoms with van der Waals surface area (Å²) in [5.74, 6) is 0.914. The van der Waals surface area contributed by atoms with Crippen LogP contribution in [0.25, 0.3) is 0 Å². The Morgan fingerprint density at radius 1 is 1.03 bits per heavy atom. The lowest BCUT2D eigenvalue weighted by molar-refractivity contribution is -0.208. The molecule has 0 aromatic carbocycles. The number of ketones is 1. The third-order valence-electron chi connectivity index (χ3n) is 11.9. The van der Waals surface area contributed by atoms with Gasteiger partial charge in [0.1, 0.15) is 11.9 Å². The van der Waals surface area contributed by atoms with Gasteiger partial charge >= 0.3 is 0 Å². The first kappa shape index (κ1) is 27.3. The van der Waals surface area contributed by atoms with Gasteiger partial charge in [0.05, 0.1) is 17.8 Å². The molecule has 4 unspecified atom stereocenters. The molecule has 0 amide bonds. The largest absolute Gasteiger partial charge is 0.392 e. The summed E-state index contributed by atoms with van der Waals surface area (Å²) in [6.07, 6.45) is 3.96. The van der Waals surface area contributed by atoms with Crippen molar-refractivity contribution >= 4 is 5.78 Å². The van der Waals surface area contributed by atoms with Crippen LogP contribution in [-0.2, 0) is 4.79 Å². The van der Waals surface area contributed by atoms with Crippen LogP contribution in [0.4, 0.5) is 0 Å². The van der Waals surface area contributed by atoms with Crippen molar-refractivity contribution in [1.82, 2.24) is 0 Å². The lowest BCUT2D eigenvalue weighted by Crippen LogP contribution is -2.65. The molecule has 3 fully saturated rings. The Bertz CT molecular complexity index is 899. The van der Waals surface area contributed by atoms with Crippen LogP contribution in [0.1, 0.15) is 107 Å². The van der Waals surface area contributed by atoms with Crippen LogP contribution in [0, 0.1) is 39.4 Å². The summed E-state index contributed by atoms with van der Waals surface area (Å²) in [5.41, 5.74) is 0.895. The zero-order valence-corrected chi connectivity index (χ0v) is 23.3. The van der Waals surface area contributed by atoms with Gasteiger partial charge in [-0.15, -0.1) is 0 Å². The van der Waals surface area contributed by atoms with E-state index in [4.69, 9.17) is 0 Å². The Balaban J connectivity index is 1.68. The second-order valence-electron chi connectivity index (χ2n) is 14.5. The fourth-order valence-corrected chi connectivity index (χ4v) is 9.77. The van der Waals surface area contributed by atoms with E-state index in [1.807, 2.05) is 0 Å². The number of aliphatic hydroxyl groups excluding tert-OH is 3. The van der Waals surface area contributed by atoms with Gasteiger partial charge in [-0.25, -0.2) is 0 Å². The number of fused-ring (bicyclic) bond motifs is 5. The van der Waals surface area contributed by atoms with E-state index in [-0.39, 0.29) is 33.5 Å². The van der Waals surface area contributed by atoms with Crippen LogP contribution in [0.15, 0.2) is 11.1 Å². The number of hydrogen-bond donors (Lipinski definition) is 4. The molecule has 4 N–H and O–H groups in total. The van der Waals surface area contributed by atoms with Gasteiger partial charge in [-0.1, -0.05) is 52.7 Å². The zero-order valence-electron chi connectivity index (χ0n) is 23.3. The Morgan fingerprint density at radius 3 is 2.26 bits per heavy atom. The van der Waals surface area contributed by atoms with Gasteiger partial charge in [-0.2, -0.15) is 0 Å². The second-order valence-corrected chi connectivity index (χ2v) is 14.5. The summed E-state index contributed by atoms with van der Waals surface area (Å²) in [5, 5.41) is 43.0. The molecule has 5 nitrogen and oxygen atoms in total. The molecular weight excluding hydrogens is 440 g/mol. The van der Waals surface area contributed by atoms with E-state index in [0.717, 1.165) is 32.1 Å². The average Bonchev–Trinajstić information content (AvgIpc) is 3.07. The number of hydrogen-bond acceptors (Lipinski definition) is 5. The van der Waals surface area contributed by atoms with E-state index in [0.29, 0.717) is 31.0 Å². The molecule has 0 aromatic rings. The number of aliphatic hydroxyl groups is 4. The molecule has 0 radical (unpaired) electrons. The van der Waals surface area contributed by atoms with Gasteiger partial charge < -0.3 is 20.4 Å². The van der Waals surface area contributed by atoms with Crippen molar-refractivity contribution < 1.29 is 25.2 Å². The van der Waals surface area contributed by atoms with Crippen LogP contribution in [0.3, 0.4) is 0 Å². The smallest absolute Gasteiger partial charge is 0.138 e. The Morgan fingerprint density at radius 2 is 1.66 bits per heavy atom. The van der Waals surface area contributed by atoms with Gasteiger partial charge in [-0.05, 0) is 92.8 Å². The van der Waals surface area contributed by atoms with Gasteiger partial charge in [0.15, 0.2) is 0 Å². The van der Waals surface area contributed by atoms with E-state index in [1.165, 1.54) is 25.0 Å². The minimum atomic E-state index is -1.36. The van der Waals surface area contributed by atoms with E-state index >= 15 is 0 Å². The average molecular weight is 491 g/mol. The molecule has 0 spiro atoms. The molecule has 35 heavy (non-hydrogen) atoms. The van der Waals surface area contributed by atoms with E-state index in [9.17, 15) is 25.2 Å². The first-order chi connectivity index (χ1) is 15.9. The van der Waals surface area contributed by atoms with Gasteiger partial charge in [0.25, 0.3) is 0 Å². The minimum absolute atomic E-state index is 0.0140. The molecule has 0 heterocycles. The molecule has 4 aliphatic rings. The van der Waals surface area contributed by atoms with Crippen molar-refractivity contribution in [2.24, 2.45) is 39.4 Å². The molecule has 4 aliphatic carbocycles. The fraction of sp³-hybridized carbons (Fsp3) is 0.900. The summed E-state index contributed by atoms with van der Waals surface area (Å²) in [6.45, 7) is 16.6. The van der Waals surface area contributed by atoms with Crippen molar-refractivity contribution in [3.05, 3.63) is 11.1 Å². The highest BCUT2D eigenvalue weighted by Crippen LogP contribution is 2.74. The first-order valence-corrected chi connectivity index (χ1v) is 13.9. The highest BCUT2D eigenvalue weighted by Gasteiger charge is 2.69. The van der Waals surface area contributed by atoms with E-state index in [2.05, 4.69) is 41.5 Å². The molecule has 0 aromatic heterocycles. The topological polar surface area (TPSA) is 98.0 Å². The minimum Gasteiger partial charge on any atom is -0.392 e. The third kappa shape index (κ3) is 3.82. The normalized spacial score (nSPS) is 43.8. The maximum atomic E-state index is 12.9. The lowest BCUT2D eigenvalue weighted by atomic mass is 9.36. The van der Waals surface area contributed by atoms with Crippen LogP contribution in [-0.4, -0.2) is 50.1 Å². The maximum Gasteiger partial charge on any atom is 0.138 e. The van der Waals surface area contributed by atoms with Gasteiger partial charge in [-0.3, -0.25) is 4.79 Å². The number of Topliss-reactive ketones (excluding diaryl/α,β-unsaturated/α-hetero) is 1. The predicted molar refractivity (Wildman–Crippen MR) is 138 cm³/mol. The Hall–Kier alpha value is -0.750. The number of allylic oxidation sites excluding steroid dienone is 1.